The van der Waals surface area contributed by atoms with E-state index in [-0.39, 0.29) is 11.6 Å². The summed E-state index contributed by atoms with van der Waals surface area (Å²) in [7, 11) is 0. The number of aromatic nitrogens is 4. The molecule has 2 aliphatic carbocycles. The molecule has 0 bridgehead atoms. The van der Waals surface area contributed by atoms with E-state index in [1.54, 1.807) is 16.7 Å². The summed E-state index contributed by atoms with van der Waals surface area (Å²) in [4.78, 5) is 4.01. The fourth-order valence-electron chi connectivity index (χ4n) is 7.03. The lowest BCUT2D eigenvalue weighted by atomic mass is 9.77. The first-order valence-corrected chi connectivity index (χ1v) is 15.6. The molecule has 224 valence electrons. The summed E-state index contributed by atoms with van der Waals surface area (Å²) in [6.07, 6.45) is 5.91. The number of alkyl halides is 3. The number of fused-ring (bicyclic) bond motifs is 7. The van der Waals surface area contributed by atoms with Gasteiger partial charge in [0.1, 0.15) is 11.4 Å². The zero-order valence-corrected chi connectivity index (χ0v) is 24.6. The molecule has 1 unspecified atom stereocenters. The largest absolute Gasteiger partial charge is 0.420 e. The normalized spacial score (nSPS) is 16.6. The van der Waals surface area contributed by atoms with Crippen LogP contribution in [0.4, 0.5) is 13.2 Å². The third-order valence-corrected chi connectivity index (χ3v) is 9.47. The molecule has 0 saturated heterocycles. The highest BCUT2D eigenvalue weighted by Gasteiger charge is 2.40. The Bertz CT molecular complexity index is 2130. The first-order valence-electron chi connectivity index (χ1n) is 15.6. The minimum atomic E-state index is -4.48. The molecule has 4 nitrogen and oxygen atoms in total. The lowest BCUT2D eigenvalue weighted by Crippen LogP contribution is -2.19. The Hall–Kier alpha value is -4.78. The van der Waals surface area contributed by atoms with Crippen LogP contribution >= 0.6 is 0 Å². The van der Waals surface area contributed by atoms with Crippen LogP contribution < -0.4 is 0 Å². The fraction of sp³-hybridized carbons (Fsp3) is 0.237. The van der Waals surface area contributed by atoms with E-state index in [4.69, 9.17) is 0 Å². The van der Waals surface area contributed by atoms with Gasteiger partial charge in [-0.2, -0.15) is 13.2 Å². The highest BCUT2D eigenvalue weighted by Crippen LogP contribution is 2.44. The molecule has 0 aliphatic heterocycles. The van der Waals surface area contributed by atoms with Gasteiger partial charge >= 0.3 is 6.18 Å². The van der Waals surface area contributed by atoms with Crippen LogP contribution in [0.25, 0.3) is 38.0 Å². The number of nitrogens with zero attached hydrogens (tertiary/aromatic N) is 4. The van der Waals surface area contributed by atoms with Crippen LogP contribution in [0, 0.1) is 5.92 Å². The summed E-state index contributed by atoms with van der Waals surface area (Å²) < 4.78 is 44.7. The van der Waals surface area contributed by atoms with Crippen molar-refractivity contribution in [3.8, 4) is 0 Å². The van der Waals surface area contributed by atoms with Gasteiger partial charge in [0.2, 0.25) is 0 Å². The smallest absolute Gasteiger partial charge is 0.286 e. The molecule has 3 aromatic heterocycles. The van der Waals surface area contributed by atoms with E-state index in [1.165, 1.54) is 37.9 Å². The van der Waals surface area contributed by atoms with Crippen LogP contribution in [-0.4, -0.2) is 19.6 Å². The maximum Gasteiger partial charge on any atom is 0.420 e. The van der Waals surface area contributed by atoms with Crippen molar-refractivity contribution >= 4 is 38.0 Å². The van der Waals surface area contributed by atoms with Gasteiger partial charge in [0.05, 0.1) is 0 Å². The molecule has 9 rings (SSSR count). The number of pyridine rings is 2. The average Bonchev–Trinajstić information content (AvgIpc) is 3.81. The molecule has 7 heteroatoms. The summed E-state index contributed by atoms with van der Waals surface area (Å²) >= 11 is 0. The molecular weight excluding hydrogens is 569 g/mol. The maximum atomic E-state index is 14.4. The number of hydrogen-bond donors (Lipinski definition) is 0. The number of hydrogen-bond acceptors (Lipinski definition) is 3. The van der Waals surface area contributed by atoms with Crippen molar-refractivity contribution in [1.82, 2.24) is 19.6 Å². The number of halogens is 3. The van der Waals surface area contributed by atoms with Crippen LogP contribution in [-0.2, 0) is 25.4 Å². The van der Waals surface area contributed by atoms with E-state index in [2.05, 4.69) is 63.7 Å². The lowest BCUT2D eigenvalue weighted by molar-refractivity contribution is -0.137. The predicted molar refractivity (Wildman–Crippen MR) is 172 cm³/mol. The predicted octanol–water partition coefficient (Wildman–Crippen LogP) is 9.51. The van der Waals surface area contributed by atoms with Gasteiger partial charge in [-0.15, -0.1) is 10.2 Å². The number of rotatable bonds is 3. The van der Waals surface area contributed by atoms with E-state index in [9.17, 15) is 13.2 Å². The molecular formula is C38H31F3N4. The van der Waals surface area contributed by atoms with Crippen molar-refractivity contribution in [1.29, 1.82) is 0 Å². The zero-order chi connectivity index (χ0) is 30.5. The van der Waals surface area contributed by atoms with Crippen molar-refractivity contribution in [2.24, 2.45) is 5.92 Å². The van der Waals surface area contributed by atoms with Crippen molar-refractivity contribution < 1.29 is 13.2 Å². The molecule has 2 aliphatic rings. The van der Waals surface area contributed by atoms with E-state index >= 15 is 0 Å². The molecule has 0 amide bonds. The van der Waals surface area contributed by atoms with Gasteiger partial charge in [-0.05, 0) is 105 Å². The molecule has 1 atom stereocenters. The molecule has 0 radical (unpaired) electrons. The Morgan fingerprint density at radius 2 is 1.51 bits per heavy atom. The Kier molecular flexibility index (Phi) is 6.77. The first-order chi connectivity index (χ1) is 21.9. The van der Waals surface area contributed by atoms with E-state index < -0.39 is 11.7 Å². The van der Waals surface area contributed by atoms with E-state index in [0.29, 0.717) is 36.6 Å². The zero-order valence-electron chi connectivity index (χ0n) is 24.6. The molecule has 0 spiro atoms. The van der Waals surface area contributed by atoms with Crippen molar-refractivity contribution in [2.45, 2.75) is 50.6 Å². The van der Waals surface area contributed by atoms with E-state index in [1.807, 2.05) is 42.7 Å². The molecule has 45 heavy (non-hydrogen) atoms. The molecule has 4 aromatic carbocycles. The minimum absolute atomic E-state index is 0.0542. The second kappa shape index (κ2) is 11.0. The maximum absolute atomic E-state index is 14.4. The topological polar surface area (TPSA) is 43.1 Å². The second-order valence-electron chi connectivity index (χ2n) is 12.3. The molecule has 1 fully saturated rings. The number of aryl methyl sites for hydroxylation is 1. The van der Waals surface area contributed by atoms with Gasteiger partial charge < -0.3 is 0 Å². The van der Waals surface area contributed by atoms with E-state index in [0.717, 1.165) is 24.8 Å². The van der Waals surface area contributed by atoms with Crippen LogP contribution in [0.2, 0.25) is 0 Å². The van der Waals surface area contributed by atoms with Crippen LogP contribution in [0.5, 0.6) is 0 Å². The molecule has 0 N–H and O–H groups in total. The molecule has 7 aromatic rings. The summed E-state index contributed by atoms with van der Waals surface area (Å²) in [5.41, 5.74) is 2.09. The van der Waals surface area contributed by atoms with Gasteiger partial charge in [0.25, 0.3) is 0 Å². The standard InChI is InChI=1S/C29H24F3N3.C9H7N/c30-29(31,32)27-23(13-14-35-26(15-17-5-6-17)33-34-28(27)35)20-8-10-22-19(16-20)9-12-24-21-4-2-1-3-18(21)7-11-25(22)24;1-2-4-9-7-10-6-5-8(9)3-1/h1-4,7,9,11-14,17,20H,5-6,8,10,15-16H2;1-7H. The molecule has 3 heterocycles. The minimum Gasteiger partial charge on any atom is -0.286 e. The second-order valence-corrected chi connectivity index (χ2v) is 12.3. The Labute approximate surface area is 258 Å². The van der Waals surface area contributed by atoms with Crippen molar-refractivity contribution in [3.63, 3.8) is 0 Å². The highest BCUT2D eigenvalue weighted by molar-refractivity contribution is 6.08. The van der Waals surface area contributed by atoms with Gasteiger partial charge in [-0.1, -0.05) is 72.8 Å². The van der Waals surface area contributed by atoms with Gasteiger partial charge in [-0.25, -0.2) is 0 Å². The van der Waals surface area contributed by atoms with Crippen molar-refractivity contribution in [2.75, 3.05) is 0 Å². The molecule has 1 saturated carbocycles. The Morgan fingerprint density at radius 1 is 0.733 bits per heavy atom. The third kappa shape index (κ3) is 5.20. The Morgan fingerprint density at radius 3 is 2.31 bits per heavy atom. The van der Waals surface area contributed by atoms with Crippen LogP contribution in [0.1, 0.15) is 53.3 Å². The summed E-state index contributed by atoms with van der Waals surface area (Å²) in [6, 6.07) is 28.8. The average molecular weight is 601 g/mol. The summed E-state index contributed by atoms with van der Waals surface area (Å²) in [6.45, 7) is 0. The summed E-state index contributed by atoms with van der Waals surface area (Å²) in [5.74, 6) is 0.955. The first kappa shape index (κ1) is 27.7. The van der Waals surface area contributed by atoms with Crippen molar-refractivity contribution in [3.05, 3.63) is 132 Å². The SMILES string of the molecule is FC(F)(F)c1c(C2CCc3c(ccc4c3ccc3ccccc34)C2)ccn2c(CC3CC3)nnc12.c1ccc2cnccc2c1. The highest BCUT2D eigenvalue weighted by atomic mass is 19.4. The van der Waals surface area contributed by atoms with Gasteiger partial charge in [0.15, 0.2) is 5.65 Å². The number of benzene rings is 4. The third-order valence-electron chi connectivity index (χ3n) is 9.47. The van der Waals surface area contributed by atoms with Crippen LogP contribution in [0.3, 0.4) is 0 Å². The van der Waals surface area contributed by atoms with Gasteiger partial charge in [0, 0.05) is 25.0 Å². The quantitative estimate of drug-likeness (QED) is 0.190. The van der Waals surface area contributed by atoms with Crippen LogP contribution in [0.15, 0.2) is 104 Å². The monoisotopic (exact) mass is 600 g/mol. The summed E-state index contributed by atoms with van der Waals surface area (Å²) in [5, 5.41) is 15.5. The lowest BCUT2D eigenvalue weighted by Gasteiger charge is -2.28. The van der Waals surface area contributed by atoms with Gasteiger partial charge in [-0.3, -0.25) is 9.38 Å². The Balaban J connectivity index is 0.000000255. The fourth-order valence-corrected chi connectivity index (χ4v) is 7.03.